The van der Waals surface area contributed by atoms with Crippen LogP contribution in [-0.4, -0.2) is 11.8 Å². The first-order valence-electron chi connectivity index (χ1n) is 6.01. The van der Waals surface area contributed by atoms with Crippen LogP contribution in [0.2, 0.25) is 0 Å². The van der Waals surface area contributed by atoms with Gasteiger partial charge in [0.2, 0.25) is 0 Å². The summed E-state index contributed by atoms with van der Waals surface area (Å²) in [6.07, 6.45) is 0. The van der Waals surface area contributed by atoms with Gasteiger partial charge >= 0.3 is 18.9 Å². The molecule has 0 fully saturated rings. The molecule has 0 aromatic heterocycles. The minimum atomic E-state index is -1.21. The number of ketones is 1. The van der Waals surface area contributed by atoms with E-state index in [2.05, 4.69) is 0 Å². The number of hydrogen-bond donors (Lipinski definition) is 0. The van der Waals surface area contributed by atoms with Gasteiger partial charge in [-0.15, -0.1) is 0 Å². The molecule has 1 aliphatic rings. The van der Waals surface area contributed by atoms with Gasteiger partial charge in [-0.2, -0.15) is 0 Å². The Hall–Kier alpha value is -1.82. The quantitative estimate of drug-likeness (QED) is 0.520. The van der Waals surface area contributed by atoms with Crippen molar-refractivity contribution in [3.05, 3.63) is 58.1 Å². The molecule has 0 N–H and O–H groups in total. The van der Waals surface area contributed by atoms with Gasteiger partial charge in [0.15, 0.2) is 5.78 Å². The summed E-state index contributed by atoms with van der Waals surface area (Å²) in [6, 6.07) is 8.80. The molecule has 3 nitrogen and oxygen atoms in total. The van der Waals surface area contributed by atoms with Gasteiger partial charge in [0.05, 0.1) is 5.97 Å². The van der Waals surface area contributed by atoms with Gasteiger partial charge < -0.3 is 9.90 Å². The summed E-state index contributed by atoms with van der Waals surface area (Å²) in [7, 11) is 0. The number of fused-ring (bicyclic) bond motifs is 3. The summed E-state index contributed by atoms with van der Waals surface area (Å²) in [5.41, 5.74) is 4.40. The standard InChI is InChI=1S/C16H12O3.Li/c1-8-3-4-10-12-7-11(16(18)19)9(2)6-14(12)15(17)13(10)5-8;/h3-7H,1-2H3,(H,18,19);/q;+1/p-1. The number of hydrogen-bond acceptors (Lipinski definition) is 3. The zero-order valence-corrected chi connectivity index (χ0v) is 11.6. The van der Waals surface area contributed by atoms with Crippen LogP contribution in [0.3, 0.4) is 0 Å². The van der Waals surface area contributed by atoms with E-state index in [1.54, 1.807) is 19.1 Å². The normalized spacial score (nSPS) is 11.6. The number of carboxylic acids is 1. The third kappa shape index (κ3) is 2.00. The van der Waals surface area contributed by atoms with Gasteiger partial charge in [0.25, 0.3) is 0 Å². The molecule has 1 aliphatic carbocycles. The third-order valence-corrected chi connectivity index (χ3v) is 3.54. The number of rotatable bonds is 1. The van der Waals surface area contributed by atoms with Crippen LogP contribution in [-0.2, 0) is 0 Å². The Kier molecular flexibility index (Phi) is 3.60. The molecule has 20 heavy (non-hydrogen) atoms. The van der Waals surface area contributed by atoms with E-state index in [-0.39, 0.29) is 30.2 Å². The van der Waals surface area contributed by atoms with Crippen molar-refractivity contribution in [3.63, 3.8) is 0 Å². The van der Waals surface area contributed by atoms with Crippen LogP contribution in [0, 0.1) is 13.8 Å². The third-order valence-electron chi connectivity index (χ3n) is 3.54. The fourth-order valence-electron chi connectivity index (χ4n) is 2.56. The molecule has 0 atom stereocenters. The fourth-order valence-corrected chi connectivity index (χ4v) is 2.56. The topological polar surface area (TPSA) is 57.2 Å². The van der Waals surface area contributed by atoms with Crippen LogP contribution >= 0.6 is 0 Å². The molecular formula is C16H11LiO3. The molecule has 0 heterocycles. The van der Waals surface area contributed by atoms with E-state index in [0.29, 0.717) is 22.3 Å². The van der Waals surface area contributed by atoms with Crippen molar-refractivity contribution in [1.29, 1.82) is 0 Å². The molecular weight excluding hydrogens is 247 g/mol. The van der Waals surface area contributed by atoms with E-state index in [9.17, 15) is 14.7 Å². The maximum Gasteiger partial charge on any atom is 1.00 e. The van der Waals surface area contributed by atoms with Crippen LogP contribution in [0.1, 0.15) is 37.4 Å². The molecule has 0 bridgehead atoms. The maximum atomic E-state index is 12.3. The van der Waals surface area contributed by atoms with Gasteiger partial charge in [-0.05, 0) is 48.7 Å². The maximum absolute atomic E-state index is 12.3. The zero-order chi connectivity index (χ0) is 13.7. The minimum Gasteiger partial charge on any atom is -0.545 e. The van der Waals surface area contributed by atoms with Gasteiger partial charge in [-0.25, -0.2) is 0 Å². The van der Waals surface area contributed by atoms with Crippen molar-refractivity contribution < 1.29 is 33.6 Å². The first-order chi connectivity index (χ1) is 8.99. The number of aryl methyl sites for hydroxylation is 2. The van der Waals surface area contributed by atoms with Crippen molar-refractivity contribution in [2.24, 2.45) is 0 Å². The van der Waals surface area contributed by atoms with Crippen molar-refractivity contribution in [1.82, 2.24) is 0 Å². The molecule has 2 aromatic carbocycles. The number of carbonyl (C=O) groups is 2. The Balaban J connectivity index is 0.00000147. The Bertz CT molecular complexity index is 748. The first kappa shape index (κ1) is 14.6. The molecule has 0 radical (unpaired) electrons. The monoisotopic (exact) mass is 258 g/mol. The van der Waals surface area contributed by atoms with Crippen LogP contribution in [0.15, 0.2) is 30.3 Å². The zero-order valence-electron chi connectivity index (χ0n) is 11.6. The summed E-state index contributed by atoms with van der Waals surface area (Å²) in [5.74, 6) is -1.25. The molecule has 0 spiro atoms. The van der Waals surface area contributed by atoms with E-state index in [4.69, 9.17) is 0 Å². The molecule has 0 saturated heterocycles. The van der Waals surface area contributed by atoms with Crippen LogP contribution in [0.5, 0.6) is 0 Å². The smallest absolute Gasteiger partial charge is 0.545 e. The minimum absolute atomic E-state index is 0. The number of carboxylic acid groups (broad SMARTS) is 1. The predicted octanol–water partition coefficient (Wildman–Crippen LogP) is -1.12. The number of aromatic carboxylic acids is 1. The van der Waals surface area contributed by atoms with E-state index in [0.717, 1.165) is 11.1 Å². The second-order valence-electron chi connectivity index (χ2n) is 4.88. The fraction of sp³-hybridized carbons (Fsp3) is 0.125. The average Bonchev–Trinajstić information content (AvgIpc) is 2.61. The number of benzene rings is 2. The molecule has 0 amide bonds. The predicted molar refractivity (Wildman–Crippen MR) is 69.1 cm³/mol. The summed E-state index contributed by atoms with van der Waals surface area (Å²) in [6.45, 7) is 3.60. The van der Waals surface area contributed by atoms with Gasteiger partial charge in [-0.3, -0.25) is 4.79 Å². The largest absolute Gasteiger partial charge is 1.00 e. The van der Waals surface area contributed by atoms with Crippen LogP contribution < -0.4 is 24.0 Å². The van der Waals surface area contributed by atoms with Crippen LogP contribution in [0.4, 0.5) is 0 Å². The average molecular weight is 258 g/mol. The van der Waals surface area contributed by atoms with Crippen molar-refractivity contribution in [3.8, 4) is 11.1 Å². The summed E-state index contributed by atoms with van der Waals surface area (Å²) in [4.78, 5) is 23.4. The summed E-state index contributed by atoms with van der Waals surface area (Å²) in [5, 5.41) is 11.1. The Labute approximate surface area is 128 Å². The molecule has 0 aliphatic heterocycles. The van der Waals surface area contributed by atoms with Gasteiger partial charge in [0, 0.05) is 16.7 Å². The summed E-state index contributed by atoms with van der Waals surface area (Å²) >= 11 is 0. The van der Waals surface area contributed by atoms with E-state index in [1.165, 1.54) is 0 Å². The van der Waals surface area contributed by atoms with Gasteiger partial charge in [-0.1, -0.05) is 17.7 Å². The molecule has 3 rings (SSSR count). The van der Waals surface area contributed by atoms with Crippen molar-refractivity contribution in [2.45, 2.75) is 13.8 Å². The number of carbonyl (C=O) groups excluding carboxylic acids is 2. The first-order valence-corrected chi connectivity index (χ1v) is 6.01. The van der Waals surface area contributed by atoms with Crippen molar-refractivity contribution >= 4 is 11.8 Å². The molecule has 4 heteroatoms. The van der Waals surface area contributed by atoms with E-state index >= 15 is 0 Å². The summed E-state index contributed by atoms with van der Waals surface area (Å²) < 4.78 is 0. The molecule has 0 unspecified atom stereocenters. The van der Waals surface area contributed by atoms with Gasteiger partial charge in [0.1, 0.15) is 0 Å². The molecule has 94 valence electrons. The Morgan fingerprint density at radius 1 is 0.950 bits per heavy atom. The SMILES string of the molecule is Cc1ccc2c(c1)C(=O)c1cc(C)c(C(=O)[O-])cc1-2.[Li+]. The Morgan fingerprint density at radius 3 is 2.25 bits per heavy atom. The van der Waals surface area contributed by atoms with E-state index < -0.39 is 5.97 Å². The second-order valence-corrected chi connectivity index (χ2v) is 4.88. The van der Waals surface area contributed by atoms with E-state index in [1.807, 2.05) is 25.1 Å². The second kappa shape index (κ2) is 4.94. The van der Waals surface area contributed by atoms with Crippen molar-refractivity contribution in [2.75, 3.05) is 0 Å². The molecule has 0 saturated carbocycles. The molecule has 2 aromatic rings. The Morgan fingerprint density at radius 2 is 1.60 bits per heavy atom. The van der Waals surface area contributed by atoms with Crippen LogP contribution in [0.25, 0.3) is 11.1 Å².